The molecule has 1 atom stereocenters. The van der Waals surface area contributed by atoms with Crippen molar-refractivity contribution < 1.29 is 18.7 Å². The lowest BCUT2D eigenvalue weighted by atomic mass is 10.1. The topological polar surface area (TPSA) is 63.9 Å². The molecule has 6 nitrogen and oxygen atoms in total. The maximum absolute atomic E-state index is 12.1. The third kappa shape index (κ3) is 4.42. The van der Waals surface area contributed by atoms with Gasteiger partial charge in [0.1, 0.15) is 19.0 Å². The maximum atomic E-state index is 12.1. The van der Waals surface area contributed by atoms with E-state index in [0.717, 1.165) is 17.1 Å². The van der Waals surface area contributed by atoms with Crippen molar-refractivity contribution in [3.8, 4) is 11.5 Å². The summed E-state index contributed by atoms with van der Waals surface area (Å²) in [4.78, 5) is 14.1. The van der Waals surface area contributed by atoms with Crippen LogP contribution < -0.4 is 14.8 Å². The van der Waals surface area contributed by atoms with E-state index in [1.54, 1.807) is 12.3 Å². The number of carbonyl (C=O) groups is 1. The number of hydrogen-bond donors (Lipinski definition) is 1. The fourth-order valence-electron chi connectivity index (χ4n) is 2.61. The molecule has 0 fully saturated rings. The van der Waals surface area contributed by atoms with E-state index in [4.69, 9.17) is 13.9 Å². The van der Waals surface area contributed by atoms with Gasteiger partial charge in [-0.25, -0.2) is 0 Å². The Balaban J connectivity index is 1.57. The van der Waals surface area contributed by atoms with Crippen molar-refractivity contribution in [3.05, 3.63) is 54.0 Å². The van der Waals surface area contributed by atoms with E-state index < -0.39 is 0 Å². The number of benzene rings is 1. The Morgan fingerprint density at radius 1 is 1.24 bits per heavy atom. The molecule has 1 aromatic carbocycles. The molecule has 1 amide bonds. The number of amides is 1. The molecule has 0 spiro atoms. The highest BCUT2D eigenvalue weighted by molar-refractivity contribution is 5.91. The molecule has 1 N–H and O–H groups in total. The Morgan fingerprint density at radius 2 is 2.04 bits per heavy atom. The van der Waals surface area contributed by atoms with Crippen LogP contribution in [0.4, 0.5) is 0 Å². The van der Waals surface area contributed by atoms with Gasteiger partial charge in [-0.05, 0) is 50.0 Å². The van der Waals surface area contributed by atoms with Crippen LogP contribution in [-0.2, 0) is 4.79 Å². The van der Waals surface area contributed by atoms with Crippen molar-refractivity contribution in [2.75, 3.05) is 33.9 Å². The second-order valence-electron chi connectivity index (χ2n) is 5.98. The van der Waals surface area contributed by atoms with E-state index in [0.29, 0.717) is 25.5 Å². The van der Waals surface area contributed by atoms with E-state index in [9.17, 15) is 4.79 Å². The highest BCUT2D eigenvalue weighted by Gasteiger charge is 2.17. The molecular weight excluding hydrogens is 320 g/mol. The minimum atomic E-state index is -0.159. The molecular formula is C19H22N2O4. The van der Waals surface area contributed by atoms with Gasteiger partial charge < -0.3 is 19.2 Å². The second-order valence-corrected chi connectivity index (χ2v) is 5.98. The minimum absolute atomic E-state index is 0.0124. The van der Waals surface area contributed by atoms with Gasteiger partial charge >= 0.3 is 0 Å². The Bertz CT molecular complexity index is 738. The first-order valence-corrected chi connectivity index (χ1v) is 8.19. The van der Waals surface area contributed by atoms with Crippen molar-refractivity contribution in [2.24, 2.45) is 0 Å². The zero-order valence-electron chi connectivity index (χ0n) is 14.4. The third-order valence-electron chi connectivity index (χ3n) is 3.96. The van der Waals surface area contributed by atoms with Gasteiger partial charge in [-0.1, -0.05) is 6.07 Å². The molecule has 25 heavy (non-hydrogen) atoms. The molecule has 1 aliphatic heterocycles. The van der Waals surface area contributed by atoms with Crippen molar-refractivity contribution in [3.63, 3.8) is 0 Å². The van der Waals surface area contributed by atoms with Gasteiger partial charge in [0.15, 0.2) is 11.5 Å². The van der Waals surface area contributed by atoms with Gasteiger partial charge in [-0.15, -0.1) is 0 Å². The van der Waals surface area contributed by atoms with E-state index in [1.165, 1.54) is 6.08 Å². The molecule has 1 aromatic heterocycles. The smallest absolute Gasteiger partial charge is 0.244 e. The maximum Gasteiger partial charge on any atom is 0.244 e. The first-order chi connectivity index (χ1) is 12.1. The largest absolute Gasteiger partial charge is 0.486 e. The average Bonchev–Trinajstić information content (AvgIpc) is 3.14. The van der Waals surface area contributed by atoms with Crippen LogP contribution in [0.5, 0.6) is 11.5 Å². The summed E-state index contributed by atoms with van der Waals surface area (Å²) in [6.07, 6.45) is 4.90. The van der Waals surface area contributed by atoms with E-state index in [2.05, 4.69) is 5.32 Å². The second kappa shape index (κ2) is 7.90. The summed E-state index contributed by atoms with van der Waals surface area (Å²) in [7, 11) is 3.90. The number of ether oxygens (including phenoxy) is 2. The van der Waals surface area contributed by atoms with Crippen LogP contribution in [0.1, 0.15) is 17.4 Å². The number of carbonyl (C=O) groups excluding carboxylic acids is 1. The molecule has 6 heteroatoms. The molecule has 0 bridgehead atoms. The van der Waals surface area contributed by atoms with Crippen LogP contribution in [0.3, 0.4) is 0 Å². The van der Waals surface area contributed by atoms with Gasteiger partial charge in [-0.3, -0.25) is 9.69 Å². The predicted octanol–water partition coefficient (Wildman–Crippen LogP) is 2.48. The molecule has 0 radical (unpaired) electrons. The summed E-state index contributed by atoms with van der Waals surface area (Å²) in [5, 5.41) is 2.90. The lowest BCUT2D eigenvalue weighted by Crippen LogP contribution is -2.33. The third-order valence-corrected chi connectivity index (χ3v) is 3.96. The normalized spacial score (nSPS) is 14.7. The molecule has 3 rings (SSSR count). The molecule has 1 unspecified atom stereocenters. The van der Waals surface area contributed by atoms with Gasteiger partial charge in [0.05, 0.1) is 12.3 Å². The fraction of sp³-hybridized carbons (Fsp3) is 0.316. The number of nitrogens with zero attached hydrogens (tertiary/aromatic N) is 1. The zero-order chi connectivity index (χ0) is 17.6. The van der Waals surface area contributed by atoms with E-state index in [1.807, 2.05) is 49.3 Å². The molecule has 0 aliphatic carbocycles. The van der Waals surface area contributed by atoms with E-state index >= 15 is 0 Å². The van der Waals surface area contributed by atoms with Gasteiger partial charge in [0.25, 0.3) is 0 Å². The number of fused-ring (bicyclic) bond motifs is 1. The average molecular weight is 342 g/mol. The number of nitrogens with one attached hydrogen (secondary N) is 1. The number of furan rings is 1. The Labute approximate surface area is 147 Å². The number of rotatable bonds is 6. The number of likely N-dealkylation sites (N-methyl/N-ethyl adjacent to an activating group) is 1. The van der Waals surface area contributed by atoms with Crippen LogP contribution in [0.2, 0.25) is 0 Å². The Kier molecular flexibility index (Phi) is 5.40. The molecule has 1 aliphatic rings. The van der Waals surface area contributed by atoms with Crippen molar-refractivity contribution in [1.29, 1.82) is 0 Å². The van der Waals surface area contributed by atoms with Crippen LogP contribution in [0, 0.1) is 0 Å². The molecule has 2 heterocycles. The van der Waals surface area contributed by atoms with Crippen LogP contribution >= 0.6 is 0 Å². The van der Waals surface area contributed by atoms with Crippen molar-refractivity contribution in [1.82, 2.24) is 10.2 Å². The first kappa shape index (κ1) is 17.1. The molecule has 0 saturated carbocycles. The summed E-state index contributed by atoms with van der Waals surface area (Å²) in [5.41, 5.74) is 0.884. The Hall–Kier alpha value is -2.73. The molecule has 0 saturated heterocycles. The quantitative estimate of drug-likeness (QED) is 0.817. The predicted molar refractivity (Wildman–Crippen MR) is 94.6 cm³/mol. The zero-order valence-corrected chi connectivity index (χ0v) is 14.4. The lowest BCUT2D eigenvalue weighted by molar-refractivity contribution is -0.116. The molecule has 132 valence electrons. The standard InChI is InChI=1S/C19H22N2O4/c1-21(2)15(16-4-3-9-23-16)13-20-19(22)8-6-14-5-7-17-18(12-14)25-11-10-24-17/h3-9,12,15H,10-11,13H2,1-2H3,(H,20,22). The lowest BCUT2D eigenvalue weighted by Gasteiger charge is -2.22. The highest BCUT2D eigenvalue weighted by atomic mass is 16.6. The summed E-state index contributed by atoms with van der Waals surface area (Å²) < 4.78 is 16.5. The van der Waals surface area contributed by atoms with Crippen molar-refractivity contribution >= 4 is 12.0 Å². The Morgan fingerprint density at radius 3 is 2.76 bits per heavy atom. The monoisotopic (exact) mass is 342 g/mol. The van der Waals surface area contributed by atoms with Crippen LogP contribution in [-0.4, -0.2) is 44.7 Å². The summed E-state index contributed by atoms with van der Waals surface area (Å²) >= 11 is 0. The van der Waals surface area contributed by atoms with Gasteiger partial charge in [0, 0.05) is 12.6 Å². The SMILES string of the molecule is CN(C)C(CNC(=O)C=Cc1ccc2c(c1)OCCO2)c1ccco1. The van der Waals surface area contributed by atoms with Crippen LogP contribution in [0.25, 0.3) is 6.08 Å². The minimum Gasteiger partial charge on any atom is -0.486 e. The summed E-state index contributed by atoms with van der Waals surface area (Å²) in [6, 6.07) is 9.34. The molecule has 2 aromatic rings. The first-order valence-electron chi connectivity index (χ1n) is 8.19. The summed E-state index contributed by atoms with van der Waals surface area (Å²) in [6.45, 7) is 1.57. The van der Waals surface area contributed by atoms with Gasteiger partial charge in [-0.2, -0.15) is 0 Å². The van der Waals surface area contributed by atoms with Crippen LogP contribution in [0.15, 0.2) is 47.1 Å². The van der Waals surface area contributed by atoms with Gasteiger partial charge in [0.2, 0.25) is 5.91 Å². The number of hydrogen-bond acceptors (Lipinski definition) is 5. The van der Waals surface area contributed by atoms with E-state index in [-0.39, 0.29) is 11.9 Å². The fourth-order valence-corrected chi connectivity index (χ4v) is 2.61. The summed E-state index contributed by atoms with van der Waals surface area (Å²) in [5.74, 6) is 2.11. The highest BCUT2D eigenvalue weighted by Crippen LogP contribution is 2.31. The van der Waals surface area contributed by atoms with Crippen molar-refractivity contribution in [2.45, 2.75) is 6.04 Å².